The van der Waals surface area contributed by atoms with Crippen molar-refractivity contribution in [3.05, 3.63) is 59.5 Å². The monoisotopic (exact) mass is 246 g/mol. The first-order chi connectivity index (χ1) is 8.72. The van der Waals surface area contributed by atoms with E-state index >= 15 is 0 Å². The lowest BCUT2D eigenvalue weighted by Gasteiger charge is -2.27. The van der Waals surface area contributed by atoms with Crippen LogP contribution in [0.3, 0.4) is 0 Å². The highest BCUT2D eigenvalue weighted by atomic mass is 16.7. The number of ether oxygens (including phenoxy) is 3. The fraction of sp³-hybridized carbons (Fsp3) is 0.154. The van der Waals surface area contributed by atoms with Crippen LogP contribution in [0, 0.1) is 0 Å². The first-order valence-corrected chi connectivity index (χ1v) is 5.46. The van der Waals surface area contributed by atoms with Gasteiger partial charge in [0.15, 0.2) is 0 Å². The highest BCUT2D eigenvalue weighted by molar-refractivity contribution is 5.58. The second-order valence-corrected chi connectivity index (χ2v) is 3.95. The maximum Gasteiger partial charge on any atom is 0.513 e. The van der Waals surface area contributed by atoms with E-state index in [1.54, 1.807) is 12.3 Å². The summed E-state index contributed by atoms with van der Waals surface area (Å²) in [5, 5.41) is 8.53. The molecule has 1 unspecified atom stereocenters. The third-order valence-corrected chi connectivity index (χ3v) is 2.77. The number of hydrogen-bond acceptors (Lipinski definition) is 4. The van der Waals surface area contributed by atoms with Crippen molar-refractivity contribution in [1.29, 1.82) is 0 Å². The van der Waals surface area contributed by atoms with Crippen molar-refractivity contribution in [2.45, 2.75) is 12.5 Å². The fourth-order valence-corrected chi connectivity index (χ4v) is 1.99. The number of rotatable bonds is 1. The second kappa shape index (κ2) is 4.10. The van der Waals surface area contributed by atoms with Gasteiger partial charge in [0.25, 0.3) is 5.95 Å². The van der Waals surface area contributed by atoms with Crippen LogP contribution in [0.25, 0.3) is 0 Å². The maximum atomic E-state index is 10.4. The van der Waals surface area contributed by atoms with Gasteiger partial charge in [0.1, 0.15) is 11.9 Å². The lowest BCUT2D eigenvalue weighted by molar-refractivity contribution is 0.0589. The van der Waals surface area contributed by atoms with E-state index in [0.29, 0.717) is 12.2 Å². The quantitative estimate of drug-likeness (QED) is 0.720. The molecular weight excluding hydrogens is 236 g/mol. The molecule has 0 bridgehead atoms. The topological polar surface area (TPSA) is 65.0 Å². The van der Waals surface area contributed by atoms with Crippen molar-refractivity contribution in [2.75, 3.05) is 0 Å². The number of fused-ring (bicyclic) bond motifs is 2. The predicted molar refractivity (Wildman–Crippen MR) is 61.2 cm³/mol. The Morgan fingerprint density at radius 2 is 2.39 bits per heavy atom. The van der Waals surface area contributed by atoms with Crippen LogP contribution < -0.4 is 0 Å². The molecule has 5 heteroatoms. The molecular formula is C13H10O5. The summed E-state index contributed by atoms with van der Waals surface area (Å²) in [6.07, 6.45) is 9.81. The Morgan fingerprint density at radius 3 is 3.22 bits per heavy atom. The summed E-state index contributed by atoms with van der Waals surface area (Å²) in [6.45, 7) is 0. The molecule has 0 saturated carbocycles. The van der Waals surface area contributed by atoms with Crippen molar-refractivity contribution < 1.29 is 24.1 Å². The van der Waals surface area contributed by atoms with Gasteiger partial charge >= 0.3 is 6.16 Å². The first kappa shape index (κ1) is 10.7. The van der Waals surface area contributed by atoms with E-state index in [4.69, 9.17) is 14.6 Å². The molecule has 3 rings (SSSR count). The Balaban J connectivity index is 1.86. The van der Waals surface area contributed by atoms with E-state index < -0.39 is 6.16 Å². The van der Waals surface area contributed by atoms with Crippen LogP contribution in [-0.4, -0.2) is 17.4 Å². The largest absolute Gasteiger partial charge is 0.513 e. The molecule has 0 aromatic rings. The predicted octanol–water partition coefficient (Wildman–Crippen LogP) is 2.61. The molecule has 5 nitrogen and oxygen atoms in total. The Labute approximate surface area is 103 Å². The lowest BCUT2D eigenvalue weighted by Crippen LogP contribution is -2.19. The zero-order valence-corrected chi connectivity index (χ0v) is 9.33. The van der Waals surface area contributed by atoms with E-state index in [0.717, 1.165) is 11.1 Å². The van der Waals surface area contributed by atoms with Crippen LogP contribution in [0.1, 0.15) is 6.42 Å². The summed E-state index contributed by atoms with van der Waals surface area (Å²) in [5.41, 5.74) is 2.03. The number of hydrogen-bond donors (Lipinski definition) is 1. The standard InChI is InChI=1S/C13H10O5/c14-13(15)18-12-4-3-9-6-8-2-1-5-16-10(8)7-11(9)17-12/h1-2,4-7,10H,3H2,(H,14,15). The van der Waals surface area contributed by atoms with E-state index in [2.05, 4.69) is 4.74 Å². The summed E-state index contributed by atoms with van der Waals surface area (Å²) in [5.74, 6) is 0.580. The summed E-state index contributed by atoms with van der Waals surface area (Å²) in [6, 6.07) is 0. The zero-order valence-electron chi connectivity index (χ0n) is 9.33. The minimum absolute atomic E-state index is 0.00955. The van der Waals surface area contributed by atoms with Crippen LogP contribution in [0.2, 0.25) is 0 Å². The fourth-order valence-electron chi connectivity index (χ4n) is 1.99. The van der Waals surface area contributed by atoms with Crippen molar-refractivity contribution in [2.24, 2.45) is 0 Å². The van der Waals surface area contributed by atoms with Gasteiger partial charge in [-0.15, -0.1) is 0 Å². The number of carboxylic acid groups (broad SMARTS) is 1. The second-order valence-electron chi connectivity index (χ2n) is 3.95. The average Bonchev–Trinajstić information content (AvgIpc) is 2.35. The molecule has 0 radical (unpaired) electrons. The van der Waals surface area contributed by atoms with E-state index in [1.165, 1.54) is 0 Å². The van der Waals surface area contributed by atoms with Gasteiger partial charge in [-0.05, 0) is 23.3 Å². The Bertz CT molecular complexity index is 548. The maximum absolute atomic E-state index is 10.4. The Kier molecular flexibility index (Phi) is 2.44. The average molecular weight is 246 g/mol. The molecule has 2 heterocycles. The normalized spacial score (nSPS) is 24.1. The number of carbonyl (C=O) groups is 1. The van der Waals surface area contributed by atoms with Crippen molar-refractivity contribution in [1.82, 2.24) is 0 Å². The van der Waals surface area contributed by atoms with Crippen LogP contribution in [0.5, 0.6) is 0 Å². The van der Waals surface area contributed by atoms with Crippen LogP contribution in [-0.2, 0) is 14.2 Å². The van der Waals surface area contributed by atoms with Crippen molar-refractivity contribution in [3.8, 4) is 0 Å². The summed E-state index contributed by atoms with van der Waals surface area (Å²) >= 11 is 0. The van der Waals surface area contributed by atoms with Gasteiger partial charge in [-0.3, -0.25) is 0 Å². The third-order valence-electron chi connectivity index (χ3n) is 2.77. The molecule has 1 aliphatic carbocycles. The first-order valence-electron chi connectivity index (χ1n) is 5.46. The van der Waals surface area contributed by atoms with Crippen LogP contribution in [0.4, 0.5) is 4.79 Å². The molecule has 1 N–H and O–H groups in total. The minimum Gasteiger partial charge on any atom is -0.489 e. The smallest absolute Gasteiger partial charge is 0.489 e. The molecule has 0 aromatic heterocycles. The zero-order chi connectivity index (χ0) is 12.5. The highest BCUT2D eigenvalue weighted by Gasteiger charge is 2.26. The molecule has 92 valence electrons. The summed E-state index contributed by atoms with van der Waals surface area (Å²) in [4.78, 5) is 10.4. The third kappa shape index (κ3) is 1.90. The molecule has 0 aromatic carbocycles. The summed E-state index contributed by atoms with van der Waals surface area (Å²) in [7, 11) is 0. The molecule has 0 saturated heterocycles. The van der Waals surface area contributed by atoms with Gasteiger partial charge in [-0.25, -0.2) is 4.79 Å². The molecule has 18 heavy (non-hydrogen) atoms. The molecule has 2 aliphatic heterocycles. The van der Waals surface area contributed by atoms with Gasteiger partial charge in [-0.1, -0.05) is 6.08 Å². The molecule has 0 amide bonds. The number of allylic oxidation sites excluding steroid dienone is 4. The Hall–Kier alpha value is -2.43. The van der Waals surface area contributed by atoms with Crippen molar-refractivity contribution in [3.63, 3.8) is 0 Å². The Morgan fingerprint density at radius 1 is 1.50 bits per heavy atom. The van der Waals surface area contributed by atoms with Crippen LogP contribution in [0.15, 0.2) is 59.5 Å². The molecule has 3 aliphatic rings. The van der Waals surface area contributed by atoms with Gasteiger partial charge in [0, 0.05) is 18.6 Å². The van der Waals surface area contributed by atoms with Gasteiger partial charge in [0.2, 0.25) is 0 Å². The lowest BCUT2D eigenvalue weighted by atomic mass is 9.94. The molecule has 0 fully saturated rings. The molecule has 0 spiro atoms. The van der Waals surface area contributed by atoms with Gasteiger partial charge < -0.3 is 19.3 Å². The van der Waals surface area contributed by atoms with Crippen LogP contribution >= 0.6 is 0 Å². The van der Waals surface area contributed by atoms with E-state index in [9.17, 15) is 4.79 Å². The van der Waals surface area contributed by atoms with Gasteiger partial charge in [0.05, 0.1) is 6.26 Å². The molecule has 1 atom stereocenters. The highest BCUT2D eigenvalue weighted by Crippen LogP contribution is 2.34. The van der Waals surface area contributed by atoms with Crippen molar-refractivity contribution >= 4 is 6.16 Å². The van der Waals surface area contributed by atoms with E-state index in [-0.39, 0.29) is 12.0 Å². The van der Waals surface area contributed by atoms with E-state index in [1.807, 2.05) is 24.3 Å². The van der Waals surface area contributed by atoms with Gasteiger partial charge in [-0.2, -0.15) is 0 Å². The minimum atomic E-state index is -1.39. The SMILES string of the molecule is O=C(O)OC1=CCC2=CC3=CC=COC3C=C2O1. The summed E-state index contributed by atoms with van der Waals surface area (Å²) < 4.78 is 15.3.